The van der Waals surface area contributed by atoms with E-state index < -0.39 is 0 Å². The van der Waals surface area contributed by atoms with Gasteiger partial charge in [0.15, 0.2) is 0 Å². The van der Waals surface area contributed by atoms with Gasteiger partial charge in [-0.05, 0) is 69.8 Å². The fourth-order valence-electron chi connectivity index (χ4n) is 6.08. The third-order valence-electron chi connectivity index (χ3n) is 8.20. The van der Waals surface area contributed by atoms with E-state index in [2.05, 4.69) is 168 Å². The first-order valence-electron chi connectivity index (χ1n) is 14.6. The smallest absolute Gasteiger partial charge is 0.138 e. The molecule has 0 unspecified atom stereocenters. The van der Waals surface area contributed by atoms with Gasteiger partial charge in [-0.2, -0.15) is 0 Å². The standard InChI is InChI=1S/C41H28N2/c1-5-13-29(14-6-1)33-21-23-39-36(25-33)37-26-34(30-15-7-2-8-16-30)22-24-40(37)43(39)41-28-35(31-17-9-3-10-18-31)27-38(42-41)32-19-11-4-12-20-32/h1-28H. The highest BCUT2D eigenvalue weighted by atomic mass is 15.1. The Kier molecular flexibility index (Phi) is 6.16. The minimum atomic E-state index is 0.903. The van der Waals surface area contributed by atoms with Gasteiger partial charge in [0.1, 0.15) is 5.82 Å². The lowest BCUT2D eigenvalue weighted by molar-refractivity contribution is 1.08. The monoisotopic (exact) mass is 548 g/mol. The highest BCUT2D eigenvalue weighted by Gasteiger charge is 2.17. The fourth-order valence-corrected chi connectivity index (χ4v) is 6.08. The molecule has 0 aliphatic rings. The Labute approximate surface area is 251 Å². The summed E-state index contributed by atoms with van der Waals surface area (Å²) in [6, 6.07) is 60.3. The average molecular weight is 549 g/mol. The lowest BCUT2D eigenvalue weighted by Gasteiger charge is -2.13. The fraction of sp³-hybridized carbons (Fsp3) is 0. The average Bonchev–Trinajstić information content (AvgIpc) is 3.42. The van der Waals surface area contributed by atoms with Crippen molar-refractivity contribution in [3.05, 3.63) is 170 Å². The van der Waals surface area contributed by atoms with Crippen LogP contribution in [0.15, 0.2) is 170 Å². The van der Waals surface area contributed by atoms with Crippen LogP contribution in [0.25, 0.3) is 72.3 Å². The molecule has 0 aliphatic heterocycles. The van der Waals surface area contributed by atoms with E-state index >= 15 is 0 Å². The van der Waals surface area contributed by atoms with Crippen molar-refractivity contribution >= 4 is 21.8 Å². The molecule has 0 spiro atoms. The van der Waals surface area contributed by atoms with E-state index in [-0.39, 0.29) is 0 Å². The number of hydrogen-bond donors (Lipinski definition) is 0. The van der Waals surface area contributed by atoms with Crippen LogP contribution in [0.4, 0.5) is 0 Å². The molecule has 2 heteroatoms. The van der Waals surface area contributed by atoms with Crippen LogP contribution in [0.5, 0.6) is 0 Å². The van der Waals surface area contributed by atoms with Crippen LogP contribution < -0.4 is 0 Å². The minimum absolute atomic E-state index is 0.903. The van der Waals surface area contributed by atoms with Gasteiger partial charge in [-0.3, -0.25) is 4.57 Å². The zero-order valence-electron chi connectivity index (χ0n) is 23.6. The Hall–Kier alpha value is -5.73. The molecule has 0 atom stereocenters. The Balaban J connectivity index is 1.42. The molecule has 0 aliphatic carbocycles. The molecule has 8 rings (SSSR count). The normalized spacial score (nSPS) is 11.3. The molecule has 0 N–H and O–H groups in total. The number of fused-ring (bicyclic) bond motifs is 3. The van der Waals surface area contributed by atoms with Crippen LogP contribution >= 0.6 is 0 Å². The van der Waals surface area contributed by atoms with Gasteiger partial charge >= 0.3 is 0 Å². The first kappa shape index (κ1) is 25.0. The SMILES string of the molecule is c1ccc(-c2cc(-c3ccccc3)nc(-n3c4ccc(-c5ccccc5)cc4c4cc(-c5ccccc5)ccc43)c2)cc1. The molecular formula is C41H28N2. The molecular weight excluding hydrogens is 520 g/mol. The zero-order valence-corrected chi connectivity index (χ0v) is 23.6. The molecule has 6 aromatic carbocycles. The van der Waals surface area contributed by atoms with Crippen molar-refractivity contribution in [2.75, 3.05) is 0 Å². The molecule has 0 fully saturated rings. The maximum Gasteiger partial charge on any atom is 0.138 e. The highest BCUT2D eigenvalue weighted by Crippen LogP contribution is 2.38. The van der Waals surface area contributed by atoms with Gasteiger partial charge in [0.05, 0.1) is 16.7 Å². The number of benzene rings is 6. The summed E-state index contributed by atoms with van der Waals surface area (Å²) in [4.78, 5) is 5.30. The molecule has 0 radical (unpaired) electrons. The minimum Gasteiger partial charge on any atom is -0.294 e. The summed E-state index contributed by atoms with van der Waals surface area (Å²) in [6.45, 7) is 0. The van der Waals surface area contributed by atoms with E-state index in [1.54, 1.807) is 0 Å². The highest BCUT2D eigenvalue weighted by molar-refractivity contribution is 6.11. The van der Waals surface area contributed by atoms with Gasteiger partial charge in [-0.15, -0.1) is 0 Å². The number of hydrogen-bond acceptors (Lipinski definition) is 1. The van der Waals surface area contributed by atoms with E-state index in [0.717, 1.165) is 33.7 Å². The Morgan fingerprint density at radius 1 is 0.326 bits per heavy atom. The number of aromatic nitrogens is 2. The lowest BCUT2D eigenvalue weighted by atomic mass is 10.0. The van der Waals surface area contributed by atoms with Crippen LogP contribution in [-0.4, -0.2) is 9.55 Å². The van der Waals surface area contributed by atoms with Gasteiger partial charge in [0, 0.05) is 16.3 Å². The van der Waals surface area contributed by atoms with E-state index in [0.29, 0.717) is 0 Å². The molecule has 2 aromatic heterocycles. The van der Waals surface area contributed by atoms with Crippen molar-refractivity contribution in [3.8, 4) is 50.5 Å². The Bertz CT molecular complexity index is 2040. The summed E-state index contributed by atoms with van der Waals surface area (Å²) < 4.78 is 2.33. The second-order valence-corrected chi connectivity index (χ2v) is 10.9. The summed E-state index contributed by atoms with van der Waals surface area (Å²) in [5.41, 5.74) is 11.5. The predicted molar refractivity (Wildman–Crippen MR) is 180 cm³/mol. The summed E-state index contributed by atoms with van der Waals surface area (Å²) in [6.07, 6.45) is 0. The second kappa shape index (κ2) is 10.6. The Morgan fingerprint density at radius 2 is 0.744 bits per heavy atom. The van der Waals surface area contributed by atoms with Crippen molar-refractivity contribution in [2.45, 2.75) is 0 Å². The Morgan fingerprint density at radius 3 is 1.21 bits per heavy atom. The van der Waals surface area contributed by atoms with E-state index in [1.165, 1.54) is 38.6 Å². The molecule has 202 valence electrons. The van der Waals surface area contributed by atoms with Crippen LogP contribution in [0, 0.1) is 0 Å². The topological polar surface area (TPSA) is 17.8 Å². The van der Waals surface area contributed by atoms with Crippen LogP contribution in [-0.2, 0) is 0 Å². The van der Waals surface area contributed by atoms with Gasteiger partial charge in [-0.25, -0.2) is 4.98 Å². The van der Waals surface area contributed by atoms with Gasteiger partial charge in [-0.1, -0.05) is 133 Å². The van der Waals surface area contributed by atoms with Gasteiger partial charge in [0.2, 0.25) is 0 Å². The molecule has 0 saturated carbocycles. The van der Waals surface area contributed by atoms with Crippen LogP contribution in [0.1, 0.15) is 0 Å². The van der Waals surface area contributed by atoms with Crippen molar-refractivity contribution in [1.82, 2.24) is 9.55 Å². The van der Waals surface area contributed by atoms with E-state index in [4.69, 9.17) is 4.98 Å². The molecule has 43 heavy (non-hydrogen) atoms. The van der Waals surface area contributed by atoms with Crippen molar-refractivity contribution in [2.24, 2.45) is 0 Å². The summed E-state index contributed by atoms with van der Waals surface area (Å²) in [7, 11) is 0. The summed E-state index contributed by atoms with van der Waals surface area (Å²) in [5, 5.41) is 2.42. The molecule has 8 aromatic rings. The van der Waals surface area contributed by atoms with Gasteiger partial charge < -0.3 is 0 Å². The molecule has 0 saturated heterocycles. The third-order valence-corrected chi connectivity index (χ3v) is 8.20. The number of nitrogens with zero attached hydrogens (tertiary/aromatic N) is 2. The predicted octanol–water partition coefficient (Wildman–Crippen LogP) is 10.8. The first-order chi connectivity index (χ1) is 21.3. The number of rotatable bonds is 5. The van der Waals surface area contributed by atoms with E-state index in [1.807, 2.05) is 6.07 Å². The molecule has 2 nitrogen and oxygen atoms in total. The molecule has 2 heterocycles. The van der Waals surface area contributed by atoms with Crippen molar-refractivity contribution in [3.63, 3.8) is 0 Å². The summed E-state index contributed by atoms with van der Waals surface area (Å²) in [5.74, 6) is 0.903. The van der Waals surface area contributed by atoms with Crippen LogP contribution in [0.3, 0.4) is 0 Å². The van der Waals surface area contributed by atoms with Crippen LogP contribution in [0.2, 0.25) is 0 Å². The second-order valence-electron chi connectivity index (χ2n) is 10.9. The maximum atomic E-state index is 5.30. The van der Waals surface area contributed by atoms with Gasteiger partial charge in [0.25, 0.3) is 0 Å². The van der Waals surface area contributed by atoms with Crippen molar-refractivity contribution in [1.29, 1.82) is 0 Å². The third kappa shape index (κ3) is 4.60. The quantitative estimate of drug-likeness (QED) is 0.209. The number of pyridine rings is 1. The van der Waals surface area contributed by atoms with E-state index in [9.17, 15) is 0 Å². The zero-order chi connectivity index (χ0) is 28.6. The summed E-state index contributed by atoms with van der Waals surface area (Å²) >= 11 is 0. The first-order valence-corrected chi connectivity index (χ1v) is 14.6. The largest absolute Gasteiger partial charge is 0.294 e. The lowest BCUT2D eigenvalue weighted by Crippen LogP contribution is -2.00. The molecule has 0 bridgehead atoms. The maximum absolute atomic E-state index is 5.30. The molecule has 0 amide bonds. The van der Waals surface area contributed by atoms with Crippen molar-refractivity contribution < 1.29 is 0 Å².